The highest BCUT2D eigenvalue weighted by molar-refractivity contribution is 7.09. The number of hydrogen-bond donors (Lipinski definition) is 1. The molecule has 0 radical (unpaired) electrons. The smallest absolute Gasteiger partial charge is 0.322 e. The molecule has 0 saturated heterocycles. The first-order valence-electron chi connectivity index (χ1n) is 11.4. The number of hydrogen-bond acceptors (Lipinski definition) is 5. The number of nitrogens with zero attached hydrogens (tertiary/aromatic N) is 3. The molecule has 5 rings (SSSR count). The van der Waals surface area contributed by atoms with Crippen LogP contribution in [0.4, 0.5) is 4.79 Å². The summed E-state index contributed by atoms with van der Waals surface area (Å²) >= 11 is 1.70. The summed E-state index contributed by atoms with van der Waals surface area (Å²) in [4.78, 5) is 20.9. The van der Waals surface area contributed by atoms with Crippen molar-refractivity contribution in [2.45, 2.75) is 32.7 Å². The van der Waals surface area contributed by atoms with Gasteiger partial charge in [-0.1, -0.05) is 72.7 Å². The first-order chi connectivity index (χ1) is 16.6. The third-order valence-corrected chi connectivity index (χ3v) is 7.10. The van der Waals surface area contributed by atoms with Gasteiger partial charge >= 0.3 is 6.03 Å². The highest BCUT2D eigenvalue weighted by atomic mass is 32.1. The number of aryl methyl sites for hydroxylation is 1. The topological polar surface area (TPSA) is 71.3 Å². The van der Waals surface area contributed by atoms with Gasteiger partial charge in [-0.3, -0.25) is 4.90 Å². The predicted molar refractivity (Wildman–Crippen MR) is 134 cm³/mol. The number of benzene rings is 2. The average molecular weight is 471 g/mol. The van der Waals surface area contributed by atoms with E-state index < -0.39 is 0 Å². The van der Waals surface area contributed by atoms with Gasteiger partial charge in [-0.15, -0.1) is 11.3 Å². The zero-order valence-electron chi connectivity index (χ0n) is 19.2. The molecule has 4 aromatic rings. The zero-order chi connectivity index (χ0) is 23.5. The molecular formula is C27H26N4O2S. The minimum absolute atomic E-state index is 0.120. The fourth-order valence-corrected chi connectivity index (χ4v) is 4.94. The van der Waals surface area contributed by atoms with E-state index in [-0.39, 0.29) is 12.1 Å². The Balaban J connectivity index is 1.55. The number of rotatable bonds is 7. The molecule has 1 N–H and O–H groups in total. The van der Waals surface area contributed by atoms with E-state index in [9.17, 15) is 4.79 Å². The lowest BCUT2D eigenvalue weighted by Gasteiger charge is -2.35. The van der Waals surface area contributed by atoms with Gasteiger partial charge < -0.3 is 9.84 Å². The van der Waals surface area contributed by atoms with E-state index in [1.54, 1.807) is 16.2 Å². The van der Waals surface area contributed by atoms with E-state index in [1.165, 1.54) is 10.4 Å². The summed E-state index contributed by atoms with van der Waals surface area (Å²) in [7, 11) is 0. The molecule has 1 atom stereocenters. The minimum atomic E-state index is -0.375. The SMILES string of the molecule is CCc1ccc(C2NC(=O)N(CCc3cccs3)C(C)=C2c2nc(-c3ccccc3)no2)cc1. The first kappa shape index (κ1) is 22.1. The van der Waals surface area contributed by atoms with E-state index >= 15 is 0 Å². The number of carbonyl (C=O) groups excluding carboxylic acids is 1. The van der Waals surface area contributed by atoms with Gasteiger partial charge in [0.15, 0.2) is 0 Å². The second-order valence-corrected chi connectivity index (χ2v) is 9.28. The molecule has 2 aromatic carbocycles. The van der Waals surface area contributed by atoms with Crippen molar-refractivity contribution in [1.29, 1.82) is 0 Å². The Morgan fingerprint density at radius 1 is 1.06 bits per heavy atom. The lowest BCUT2D eigenvalue weighted by atomic mass is 9.93. The van der Waals surface area contributed by atoms with Crippen molar-refractivity contribution >= 4 is 22.9 Å². The predicted octanol–water partition coefficient (Wildman–Crippen LogP) is 6.10. The fraction of sp³-hybridized carbons (Fsp3) is 0.222. The Bertz CT molecular complexity index is 1290. The highest BCUT2D eigenvalue weighted by Gasteiger charge is 2.35. The van der Waals surface area contributed by atoms with Gasteiger partial charge in [0.2, 0.25) is 5.82 Å². The number of amides is 2. The minimum Gasteiger partial charge on any atom is -0.334 e. The maximum Gasteiger partial charge on any atom is 0.322 e. The number of urea groups is 1. The van der Waals surface area contributed by atoms with Crippen LogP contribution in [-0.4, -0.2) is 27.6 Å². The fourth-order valence-electron chi connectivity index (χ4n) is 4.24. The summed E-state index contributed by atoms with van der Waals surface area (Å²) in [6, 6.07) is 21.7. The van der Waals surface area contributed by atoms with Crippen molar-refractivity contribution in [2.75, 3.05) is 6.54 Å². The van der Waals surface area contributed by atoms with Crippen LogP contribution >= 0.6 is 11.3 Å². The van der Waals surface area contributed by atoms with Gasteiger partial charge in [0.05, 0.1) is 11.6 Å². The summed E-state index contributed by atoms with van der Waals surface area (Å²) in [5.74, 6) is 0.945. The molecule has 0 saturated carbocycles. The molecule has 7 heteroatoms. The molecule has 34 heavy (non-hydrogen) atoms. The maximum absolute atomic E-state index is 13.2. The molecule has 0 fully saturated rings. The van der Waals surface area contributed by atoms with Crippen molar-refractivity contribution in [1.82, 2.24) is 20.4 Å². The Kier molecular flexibility index (Phi) is 6.27. The first-order valence-corrected chi connectivity index (χ1v) is 12.3. The van der Waals surface area contributed by atoms with Gasteiger partial charge in [-0.2, -0.15) is 4.98 Å². The maximum atomic E-state index is 13.2. The lowest BCUT2D eigenvalue weighted by Crippen LogP contribution is -2.46. The molecule has 172 valence electrons. The molecule has 3 heterocycles. The van der Waals surface area contributed by atoms with E-state index in [0.717, 1.165) is 35.2 Å². The van der Waals surface area contributed by atoms with Crippen LogP contribution in [0.1, 0.15) is 41.8 Å². The monoisotopic (exact) mass is 470 g/mol. The van der Waals surface area contributed by atoms with Crippen LogP contribution in [-0.2, 0) is 12.8 Å². The van der Waals surface area contributed by atoms with E-state index in [1.807, 2.05) is 43.3 Å². The quantitative estimate of drug-likeness (QED) is 0.354. The summed E-state index contributed by atoms with van der Waals surface area (Å²) < 4.78 is 5.76. The van der Waals surface area contributed by atoms with Gasteiger partial charge in [0.25, 0.3) is 5.89 Å². The van der Waals surface area contributed by atoms with E-state index in [4.69, 9.17) is 9.51 Å². The number of thiophene rings is 1. The molecule has 1 aliphatic heterocycles. The van der Waals surface area contributed by atoms with E-state index in [0.29, 0.717) is 18.3 Å². The van der Waals surface area contributed by atoms with Crippen molar-refractivity contribution in [3.05, 3.63) is 99.7 Å². The molecule has 1 aliphatic rings. The Morgan fingerprint density at radius 2 is 1.85 bits per heavy atom. The van der Waals surface area contributed by atoms with Crippen LogP contribution in [0, 0.1) is 0 Å². The number of carbonyl (C=O) groups is 1. The summed E-state index contributed by atoms with van der Waals surface area (Å²) in [5.41, 5.74) is 4.76. The summed E-state index contributed by atoms with van der Waals surface area (Å²) in [6.07, 6.45) is 1.74. The van der Waals surface area contributed by atoms with Crippen molar-refractivity contribution < 1.29 is 9.32 Å². The van der Waals surface area contributed by atoms with Crippen molar-refractivity contribution in [2.24, 2.45) is 0 Å². The van der Waals surface area contributed by atoms with Crippen LogP contribution in [0.2, 0.25) is 0 Å². The van der Waals surface area contributed by atoms with Gasteiger partial charge in [-0.05, 0) is 42.3 Å². The Hall–Kier alpha value is -3.71. The van der Waals surface area contributed by atoms with Crippen LogP contribution in [0.15, 0.2) is 82.3 Å². The molecular weight excluding hydrogens is 444 g/mol. The second-order valence-electron chi connectivity index (χ2n) is 8.25. The van der Waals surface area contributed by atoms with Crippen LogP contribution in [0.3, 0.4) is 0 Å². The standard InChI is InChI=1S/C27H26N4O2S/c1-3-19-11-13-20(14-12-19)24-23(26-29-25(30-33-26)21-8-5-4-6-9-21)18(2)31(27(32)28-24)16-15-22-10-7-17-34-22/h4-14,17,24H,3,15-16H2,1-2H3,(H,28,32). The second kappa shape index (κ2) is 9.65. The average Bonchev–Trinajstić information content (AvgIpc) is 3.57. The molecule has 0 bridgehead atoms. The van der Waals surface area contributed by atoms with Gasteiger partial charge in [-0.25, -0.2) is 4.79 Å². The molecule has 0 spiro atoms. The van der Waals surface area contributed by atoms with Gasteiger partial charge in [0, 0.05) is 22.7 Å². The third-order valence-electron chi connectivity index (χ3n) is 6.17. The number of aromatic nitrogens is 2. The molecule has 2 aromatic heterocycles. The largest absolute Gasteiger partial charge is 0.334 e. The Morgan fingerprint density at radius 3 is 2.56 bits per heavy atom. The van der Waals surface area contributed by atoms with Gasteiger partial charge in [0.1, 0.15) is 0 Å². The van der Waals surface area contributed by atoms with Crippen molar-refractivity contribution in [3.8, 4) is 11.4 Å². The number of allylic oxidation sites excluding steroid dienone is 1. The zero-order valence-corrected chi connectivity index (χ0v) is 20.0. The van der Waals surface area contributed by atoms with E-state index in [2.05, 4.69) is 53.1 Å². The normalized spacial score (nSPS) is 16.1. The van der Waals surface area contributed by atoms with Crippen LogP contribution in [0.5, 0.6) is 0 Å². The highest BCUT2D eigenvalue weighted by Crippen LogP contribution is 2.37. The summed E-state index contributed by atoms with van der Waals surface area (Å²) in [6.45, 7) is 4.66. The van der Waals surface area contributed by atoms with Crippen LogP contribution in [0.25, 0.3) is 17.0 Å². The van der Waals surface area contributed by atoms with Crippen LogP contribution < -0.4 is 5.32 Å². The Labute approximate surface area is 202 Å². The molecule has 2 amide bonds. The third kappa shape index (κ3) is 4.39. The molecule has 6 nitrogen and oxygen atoms in total. The summed E-state index contributed by atoms with van der Waals surface area (Å²) in [5, 5.41) is 9.47. The molecule has 0 aliphatic carbocycles. The molecule has 1 unspecified atom stereocenters. The lowest BCUT2D eigenvalue weighted by molar-refractivity contribution is 0.205. The number of nitrogens with one attached hydrogen (secondary N) is 1. The van der Waals surface area contributed by atoms with Crippen molar-refractivity contribution in [3.63, 3.8) is 0 Å².